The van der Waals surface area contributed by atoms with Crippen LogP contribution in [0.5, 0.6) is 0 Å². The first-order valence-corrected chi connectivity index (χ1v) is 8.64. The van der Waals surface area contributed by atoms with Gasteiger partial charge in [-0.3, -0.25) is 9.69 Å². The Morgan fingerprint density at radius 1 is 1.38 bits per heavy atom. The van der Waals surface area contributed by atoms with E-state index < -0.39 is 0 Å². The number of carbonyl (C=O) groups is 1. The number of benzene rings is 1. The van der Waals surface area contributed by atoms with E-state index in [0.717, 1.165) is 23.0 Å². The van der Waals surface area contributed by atoms with Crippen molar-refractivity contribution >= 4 is 27.7 Å². The molecule has 7 heteroatoms. The lowest BCUT2D eigenvalue weighted by Gasteiger charge is -2.24. The fourth-order valence-electron chi connectivity index (χ4n) is 2.90. The second-order valence-electron chi connectivity index (χ2n) is 6.01. The largest absolute Gasteiger partial charge is 0.384 e. The van der Waals surface area contributed by atoms with Gasteiger partial charge in [0, 0.05) is 35.4 Å². The number of halogens is 1. The summed E-state index contributed by atoms with van der Waals surface area (Å²) in [6.07, 6.45) is 2.62. The predicted molar refractivity (Wildman–Crippen MR) is 96.4 cm³/mol. The fraction of sp³-hybridized carbons (Fsp3) is 0.353. The summed E-state index contributed by atoms with van der Waals surface area (Å²) in [7, 11) is 2.03. The molecule has 2 N–H and O–H groups in total. The minimum Gasteiger partial charge on any atom is -0.384 e. The third-order valence-electron chi connectivity index (χ3n) is 4.28. The second kappa shape index (κ2) is 7.27. The van der Waals surface area contributed by atoms with Crippen LogP contribution < -0.4 is 5.73 Å². The van der Waals surface area contributed by atoms with E-state index in [2.05, 4.69) is 30.8 Å². The van der Waals surface area contributed by atoms with Crippen LogP contribution in [0.3, 0.4) is 0 Å². The normalized spacial score (nSPS) is 17.5. The van der Waals surface area contributed by atoms with Crippen molar-refractivity contribution in [3.05, 3.63) is 52.4 Å². The third-order valence-corrected chi connectivity index (χ3v) is 4.81. The van der Waals surface area contributed by atoms with Gasteiger partial charge in [-0.15, -0.1) is 0 Å². The number of hydrogen-bond acceptors (Lipinski definition) is 5. The molecular formula is C17H20BrN5O. The molecule has 0 unspecified atom stereocenters. The summed E-state index contributed by atoms with van der Waals surface area (Å²) >= 11 is 3.39. The third kappa shape index (κ3) is 3.91. The number of nitrogen functional groups attached to an aromatic ring is 1. The van der Waals surface area contributed by atoms with Crippen molar-refractivity contribution in [3.8, 4) is 0 Å². The average molecular weight is 390 g/mol. The Balaban J connectivity index is 1.60. The Morgan fingerprint density at radius 3 is 2.83 bits per heavy atom. The minimum absolute atomic E-state index is 0.0820. The van der Waals surface area contributed by atoms with Crippen LogP contribution in [0.25, 0.3) is 0 Å². The van der Waals surface area contributed by atoms with Crippen LogP contribution >= 0.6 is 15.9 Å². The van der Waals surface area contributed by atoms with Gasteiger partial charge in [0.1, 0.15) is 11.6 Å². The maximum atomic E-state index is 12.6. The highest BCUT2D eigenvalue weighted by Crippen LogP contribution is 2.19. The second-order valence-corrected chi connectivity index (χ2v) is 6.93. The number of rotatable bonds is 4. The summed E-state index contributed by atoms with van der Waals surface area (Å²) in [5.41, 5.74) is 6.42. The van der Waals surface area contributed by atoms with Gasteiger partial charge >= 0.3 is 0 Å². The minimum atomic E-state index is 0.0820. The smallest absolute Gasteiger partial charge is 0.253 e. The van der Waals surface area contributed by atoms with Crippen molar-refractivity contribution in [1.29, 1.82) is 0 Å². The highest BCUT2D eigenvalue weighted by Gasteiger charge is 2.29. The lowest BCUT2D eigenvalue weighted by molar-refractivity contribution is 0.0779. The lowest BCUT2D eigenvalue weighted by atomic mass is 10.2. The first kappa shape index (κ1) is 16.9. The van der Waals surface area contributed by atoms with Gasteiger partial charge in [0.05, 0.1) is 6.54 Å². The van der Waals surface area contributed by atoms with Crippen molar-refractivity contribution in [3.63, 3.8) is 0 Å². The lowest BCUT2D eigenvalue weighted by Crippen LogP contribution is -2.36. The van der Waals surface area contributed by atoms with Gasteiger partial charge in [-0.2, -0.15) is 0 Å². The number of aromatic nitrogens is 2. The SMILES string of the molecule is CN(Cc1nccc(N)n1)[C@@H]1CCN(C(=O)c2ccc(Br)cc2)C1. The van der Waals surface area contributed by atoms with Gasteiger partial charge in [0.15, 0.2) is 0 Å². The molecule has 1 aliphatic heterocycles. The number of nitrogens with two attached hydrogens (primary N) is 1. The zero-order valence-corrected chi connectivity index (χ0v) is 15.1. The molecule has 1 atom stereocenters. The quantitative estimate of drug-likeness (QED) is 0.866. The molecule has 3 rings (SSSR count). The average Bonchev–Trinajstić information content (AvgIpc) is 3.05. The summed E-state index contributed by atoms with van der Waals surface area (Å²) in [5, 5.41) is 0. The van der Waals surface area contributed by atoms with E-state index in [0.29, 0.717) is 30.8 Å². The molecule has 0 aliphatic carbocycles. The van der Waals surface area contributed by atoms with Gasteiger partial charge in [-0.1, -0.05) is 15.9 Å². The van der Waals surface area contributed by atoms with Gasteiger partial charge in [0.2, 0.25) is 0 Å². The Morgan fingerprint density at radius 2 is 2.12 bits per heavy atom. The fourth-order valence-corrected chi connectivity index (χ4v) is 3.17. The molecule has 1 fully saturated rings. The Labute approximate surface area is 149 Å². The van der Waals surface area contributed by atoms with Crippen LogP contribution in [-0.2, 0) is 6.54 Å². The molecule has 126 valence electrons. The molecule has 1 aromatic carbocycles. The zero-order valence-electron chi connectivity index (χ0n) is 13.5. The summed E-state index contributed by atoms with van der Waals surface area (Å²) in [5.74, 6) is 1.26. The first-order chi connectivity index (χ1) is 11.5. The van der Waals surface area contributed by atoms with Crippen LogP contribution in [0.1, 0.15) is 22.6 Å². The van der Waals surface area contributed by atoms with Gasteiger partial charge in [-0.25, -0.2) is 9.97 Å². The van der Waals surface area contributed by atoms with Crippen molar-refractivity contribution in [2.45, 2.75) is 19.0 Å². The molecule has 1 aromatic heterocycles. The van der Waals surface area contributed by atoms with E-state index in [1.165, 1.54) is 0 Å². The van der Waals surface area contributed by atoms with Crippen molar-refractivity contribution < 1.29 is 4.79 Å². The maximum Gasteiger partial charge on any atom is 0.253 e. The molecule has 1 amide bonds. The summed E-state index contributed by atoms with van der Waals surface area (Å²) in [6, 6.07) is 9.47. The molecule has 0 spiro atoms. The highest BCUT2D eigenvalue weighted by atomic mass is 79.9. The van der Waals surface area contributed by atoms with Gasteiger partial charge in [-0.05, 0) is 43.8 Å². The number of amides is 1. The van der Waals surface area contributed by atoms with Crippen LogP contribution in [0.4, 0.5) is 5.82 Å². The first-order valence-electron chi connectivity index (χ1n) is 7.85. The molecule has 6 nitrogen and oxygen atoms in total. The molecule has 24 heavy (non-hydrogen) atoms. The number of likely N-dealkylation sites (tertiary alicyclic amines) is 1. The Kier molecular flexibility index (Phi) is 5.11. The van der Waals surface area contributed by atoms with Crippen LogP contribution in [0.2, 0.25) is 0 Å². The van der Waals surface area contributed by atoms with Crippen molar-refractivity contribution in [1.82, 2.24) is 19.8 Å². The molecule has 2 heterocycles. The zero-order chi connectivity index (χ0) is 17.1. The van der Waals surface area contributed by atoms with Gasteiger partial charge < -0.3 is 10.6 Å². The van der Waals surface area contributed by atoms with E-state index in [4.69, 9.17) is 5.73 Å². The molecule has 0 bridgehead atoms. The van der Waals surface area contributed by atoms with Crippen molar-refractivity contribution in [2.24, 2.45) is 0 Å². The summed E-state index contributed by atoms with van der Waals surface area (Å²) in [6.45, 7) is 2.10. The Hall–Kier alpha value is -1.99. The molecular weight excluding hydrogens is 370 g/mol. The standard InChI is InChI=1S/C17H20BrN5O/c1-22(11-16-20-8-6-15(19)21-16)14-7-9-23(10-14)17(24)12-2-4-13(18)5-3-12/h2-6,8,14H,7,9-11H2,1H3,(H2,19,20,21)/t14-/m1/s1. The van der Waals surface area contributed by atoms with Crippen LogP contribution in [-0.4, -0.2) is 51.9 Å². The van der Waals surface area contributed by atoms with E-state index >= 15 is 0 Å². The molecule has 0 saturated carbocycles. The van der Waals surface area contributed by atoms with E-state index in [1.807, 2.05) is 36.2 Å². The topological polar surface area (TPSA) is 75.4 Å². The number of carbonyl (C=O) groups excluding carboxylic acids is 1. The monoisotopic (exact) mass is 389 g/mol. The molecule has 0 radical (unpaired) electrons. The van der Waals surface area contributed by atoms with E-state index in [9.17, 15) is 4.79 Å². The van der Waals surface area contributed by atoms with Gasteiger partial charge in [0.25, 0.3) is 5.91 Å². The van der Waals surface area contributed by atoms with Crippen LogP contribution in [0, 0.1) is 0 Å². The Bertz CT molecular complexity index is 721. The van der Waals surface area contributed by atoms with E-state index in [-0.39, 0.29) is 5.91 Å². The molecule has 1 saturated heterocycles. The number of hydrogen-bond donors (Lipinski definition) is 1. The summed E-state index contributed by atoms with van der Waals surface area (Å²) < 4.78 is 0.972. The number of likely N-dealkylation sites (N-methyl/N-ethyl adjacent to an activating group) is 1. The highest BCUT2D eigenvalue weighted by molar-refractivity contribution is 9.10. The van der Waals surface area contributed by atoms with Crippen molar-refractivity contribution in [2.75, 3.05) is 25.9 Å². The predicted octanol–water partition coefficient (Wildman–Crippen LogP) is 2.17. The molecule has 1 aliphatic rings. The number of anilines is 1. The summed E-state index contributed by atoms with van der Waals surface area (Å²) in [4.78, 5) is 25.1. The van der Waals surface area contributed by atoms with E-state index in [1.54, 1.807) is 12.3 Å². The molecule has 2 aromatic rings. The maximum absolute atomic E-state index is 12.6. The van der Waals surface area contributed by atoms with Crippen LogP contribution in [0.15, 0.2) is 41.0 Å². The number of nitrogens with zero attached hydrogens (tertiary/aromatic N) is 4.